The molecule has 1 aliphatic rings. The van der Waals surface area contributed by atoms with E-state index < -0.39 is 0 Å². The van der Waals surface area contributed by atoms with Gasteiger partial charge in [-0.2, -0.15) is 0 Å². The van der Waals surface area contributed by atoms with Crippen LogP contribution >= 0.6 is 12.2 Å². The lowest BCUT2D eigenvalue weighted by atomic mass is 10.0. The summed E-state index contributed by atoms with van der Waals surface area (Å²) >= 11 is 5.10. The molecule has 1 aromatic heterocycles. The van der Waals surface area contributed by atoms with E-state index in [-0.39, 0.29) is 17.0 Å². The number of rotatable bonds is 3. The molecule has 21 heavy (non-hydrogen) atoms. The van der Waals surface area contributed by atoms with Crippen LogP contribution in [-0.2, 0) is 0 Å². The van der Waals surface area contributed by atoms with E-state index in [9.17, 15) is 9.59 Å². The minimum Gasteiger partial charge on any atom is -0.392 e. The van der Waals surface area contributed by atoms with Gasteiger partial charge in [0.05, 0.1) is 10.5 Å². The monoisotopic (exact) mass is 308 g/mol. The van der Waals surface area contributed by atoms with Crippen molar-refractivity contribution in [2.45, 2.75) is 19.4 Å². The van der Waals surface area contributed by atoms with Crippen molar-refractivity contribution >= 4 is 23.1 Å². The molecule has 0 aliphatic carbocycles. The van der Waals surface area contributed by atoms with Gasteiger partial charge in [0.2, 0.25) is 5.56 Å². The van der Waals surface area contributed by atoms with Crippen molar-refractivity contribution in [1.29, 1.82) is 0 Å². The second-order valence-corrected chi connectivity index (χ2v) is 6.07. The largest absolute Gasteiger partial charge is 0.392 e. The highest BCUT2D eigenvalue weighted by Crippen LogP contribution is 2.18. The lowest BCUT2D eigenvalue weighted by Gasteiger charge is -2.43. The summed E-state index contributed by atoms with van der Waals surface area (Å²) in [5.41, 5.74) is 5.47. The Hall–Kier alpha value is -1.73. The maximum absolute atomic E-state index is 12.3. The Balaban J connectivity index is 2.03. The molecule has 6 nitrogen and oxygen atoms in total. The summed E-state index contributed by atoms with van der Waals surface area (Å²) in [6.45, 7) is 6.55. The molecule has 0 spiro atoms. The first kappa shape index (κ1) is 15.7. The average molecular weight is 308 g/mol. The number of hydrogen-bond acceptors (Lipinski definition) is 4. The number of thiocarbonyl (C=S) groups is 1. The van der Waals surface area contributed by atoms with Gasteiger partial charge in [-0.3, -0.25) is 14.5 Å². The van der Waals surface area contributed by atoms with Crippen LogP contribution in [0.1, 0.15) is 24.3 Å². The molecule has 0 radical (unpaired) electrons. The molecule has 1 saturated heterocycles. The number of carbonyl (C=O) groups excluding carboxylic acids is 1. The van der Waals surface area contributed by atoms with Crippen molar-refractivity contribution < 1.29 is 4.79 Å². The molecule has 7 heteroatoms. The fraction of sp³-hybridized carbons (Fsp3) is 0.500. The maximum atomic E-state index is 12.3. The number of aromatic amines is 1. The van der Waals surface area contributed by atoms with Crippen LogP contribution in [0.4, 0.5) is 0 Å². The molecule has 2 heterocycles. The average Bonchev–Trinajstić information content (AvgIpc) is 2.46. The zero-order valence-corrected chi connectivity index (χ0v) is 13.1. The zero-order valence-electron chi connectivity index (χ0n) is 12.3. The van der Waals surface area contributed by atoms with E-state index >= 15 is 0 Å². The summed E-state index contributed by atoms with van der Waals surface area (Å²) in [6.07, 6.45) is 0. The second kappa shape index (κ2) is 5.95. The van der Waals surface area contributed by atoms with Crippen molar-refractivity contribution in [1.82, 2.24) is 14.8 Å². The fourth-order valence-electron chi connectivity index (χ4n) is 2.37. The van der Waals surface area contributed by atoms with Gasteiger partial charge in [0.1, 0.15) is 5.69 Å². The highest BCUT2D eigenvalue weighted by molar-refractivity contribution is 7.80. The molecule has 1 aromatic rings. The van der Waals surface area contributed by atoms with Crippen LogP contribution < -0.4 is 11.3 Å². The normalized spacial score (nSPS) is 16.8. The van der Waals surface area contributed by atoms with Crippen LogP contribution in [-0.4, -0.2) is 57.4 Å². The maximum Gasteiger partial charge on any atom is 0.270 e. The van der Waals surface area contributed by atoms with Crippen molar-refractivity contribution in [3.8, 4) is 0 Å². The Morgan fingerprint density at radius 1 is 1.29 bits per heavy atom. The van der Waals surface area contributed by atoms with Gasteiger partial charge in [-0.25, -0.2) is 0 Å². The Morgan fingerprint density at radius 3 is 2.43 bits per heavy atom. The topological polar surface area (TPSA) is 82.4 Å². The number of carbonyl (C=O) groups is 1. The highest BCUT2D eigenvalue weighted by atomic mass is 32.1. The van der Waals surface area contributed by atoms with Crippen molar-refractivity contribution in [3.63, 3.8) is 0 Å². The van der Waals surface area contributed by atoms with Crippen molar-refractivity contribution in [2.24, 2.45) is 5.73 Å². The number of amides is 1. The zero-order chi connectivity index (χ0) is 15.6. The highest BCUT2D eigenvalue weighted by Gasteiger charge is 2.33. The third-order valence-corrected chi connectivity index (χ3v) is 4.46. The minimum absolute atomic E-state index is 0.152. The van der Waals surface area contributed by atoms with E-state index in [1.807, 2.05) is 13.8 Å². The molecule has 0 unspecified atom stereocenters. The van der Waals surface area contributed by atoms with E-state index in [1.165, 1.54) is 6.07 Å². The van der Waals surface area contributed by atoms with Crippen molar-refractivity contribution in [2.75, 3.05) is 26.2 Å². The predicted octanol–water partition coefficient (Wildman–Crippen LogP) is 0.197. The van der Waals surface area contributed by atoms with E-state index in [0.29, 0.717) is 36.9 Å². The lowest BCUT2D eigenvalue weighted by molar-refractivity contribution is 0.0534. The number of hydrogen-bond donors (Lipinski definition) is 2. The SMILES string of the molecule is CC(C)(C(N)=S)N1CCN(C(=O)c2cccc(=O)[nH]2)CC1. The standard InChI is InChI=1S/C14H20N4O2S/c1-14(2,13(15)21)18-8-6-17(7-9-18)12(20)10-4-3-5-11(19)16-10/h3-5H,6-9H2,1-2H3,(H2,15,21)(H,16,19). The molecule has 1 aliphatic heterocycles. The number of nitrogens with one attached hydrogen (secondary N) is 1. The molecule has 2 rings (SSSR count). The summed E-state index contributed by atoms with van der Waals surface area (Å²) in [5, 5.41) is 0. The molecule has 0 atom stereocenters. The second-order valence-electron chi connectivity index (χ2n) is 5.63. The van der Waals surface area contributed by atoms with Crippen LogP contribution in [0.2, 0.25) is 0 Å². The summed E-state index contributed by atoms with van der Waals surface area (Å²) in [7, 11) is 0. The first-order valence-corrected chi connectivity index (χ1v) is 7.27. The molecule has 1 fully saturated rings. The number of pyridine rings is 1. The van der Waals surface area contributed by atoms with E-state index in [1.54, 1.807) is 17.0 Å². The van der Waals surface area contributed by atoms with Gasteiger partial charge in [-0.1, -0.05) is 18.3 Å². The Bertz CT molecular complexity index is 603. The van der Waals surface area contributed by atoms with Crippen LogP contribution in [0.5, 0.6) is 0 Å². The number of nitrogens with zero attached hydrogens (tertiary/aromatic N) is 2. The van der Waals surface area contributed by atoms with Gasteiger partial charge in [-0.05, 0) is 19.9 Å². The van der Waals surface area contributed by atoms with E-state index in [2.05, 4.69) is 9.88 Å². The smallest absolute Gasteiger partial charge is 0.270 e. The summed E-state index contributed by atoms with van der Waals surface area (Å²) in [6, 6.07) is 4.59. The van der Waals surface area contributed by atoms with Gasteiger partial charge in [0.15, 0.2) is 0 Å². The van der Waals surface area contributed by atoms with Gasteiger partial charge in [0, 0.05) is 32.2 Å². The van der Waals surface area contributed by atoms with E-state index in [0.717, 1.165) is 0 Å². The quantitative estimate of drug-likeness (QED) is 0.779. The molecule has 3 N–H and O–H groups in total. The molecule has 0 saturated carbocycles. The Morgan fingerprint density at radius 2 is 1.90 bits per heavy atom. The number of piperazine rings is 1. The summed E-state index contributed by atoms with van der Waals surface area (Å²) in [5.74, 6) is -0.152. The lowest BCUT2D eigenvalue weighted by Crippen LogP contribution is -2.59. The van der Waals surface area contributed by atoms with Gasteiger partial charge >= 0.3 is 0 Å². The molecule has 0 bridgehead atoms. The Kier molecular flexibility index (Phi) is 4.43. The summed E-state index contributed by atoms with van der Waals surface area (Å²) in [4.78, 5) is 30.5. The first-order chi connectivity index (χ1) is 9.82. The molecule has 114 valence electrons. The molecule has 1 amide bonds. The number of H-pyrrole nitrogens is 1. The third kappa shape index (κ3) is 3.30. The first-order valence-electron chi connectivity index (χ1n) is 6.86. The van der Waals surface area contributed by atoms with Gasteiger partial charge in [-0.15, -0.1) is 0 Å². The molecular weight excluding hydrogens is 288 g/mol. The predicted molar refractivity (Wildman–Crippen MR) is 85.4 cm³/mol. The van der Waals surface area contributed by atoms with Gasteiger partial charge in [0.25, 0.3) is 5.91 Å². The fourth-order valence-corrected chi connectivity index (χ4v) is 2.50. The van der Waals surface area contributed by atoms with Gasteiger partial charge < -0.3 is 15.6 Å². The van der Waals surface area contributed by atoms with E-state index in [4.69, 9.17) is 18.0 Å². The molecule has 0 aromatic carbocycles. The number of aromatic nitrogens is 1. The minimum atomic E-state index is -0.356. The Labute approximate surface area is 128 Å². The van der Waals surface area contributed by atoms with Crippen molar-refractivity contribution in [3.05, 3.63) is 34.2 Å². The van der Waals surface area contributed by atoms with Crippen LogP contribution in [0, 0.1) is 0 Å². The number of nitrogens with two attached hydrogens (primary N) is 1. The van der Waals surface area contributed by atoms with Crippen LogP contribution in [0.3, 0.4) is 0 Å². The van der Waals surface area contributed by atoms with Crippen LogP contribution in [0.25, 0.3) is 0 Å². The van der Waals surface area contributed by atoms with Crippen LogP contribution in [0.15, 0.2) is 23.0 Å². The third-order valence-electron chi connectivity index (χ3n) is 3.96. The molecular formula is C14H20N4O2S. The summed E-state index contributed by atoms with van der Waals surface area (Å²) < 4.78 is 0.